The summed E-state index contributed by atoms with van der Waals surface area (Å²) >= 11 is 0. The zero-order valence-corrected chi connectivity index (χ0v) is 19.6. The summed E-state index contributed by atoms with van der Waals surface area (Å²) in [5.41, 5.74) is 0.681. The predicted octanol–water partition coefficient (Wildman–Crippen LogP) is 2.21. The molecule has 16 heteroatoms. The topological polar surface area (TPSA) is 210 Å². The van der Waals surface area contributed by atoms with Crippen LogP contribution < -0.4 is 10.6 Å². The van der Waals surface area contributed by atoms with Crippen molar-refractivity contribution in [1.82, 2.24) is 30.8 Å². The quantitative estimate of drug-likeness (QED) is 0.191. The van der Waals surface area contributed by atoms with Crippen molar-refractivity contribution in [3.05, 3.63) is 72.1 Å². The van der Waals surface area contributed by atoms with E-state index in [4.69, 9.17) is 0 Å². The Morgan fingerprint density at radius 3 is 1.39 bits per heavy atom. The lowest BCUT2D eigenvalue weighted by molar-refractivity contribution is 0.480. The van der Waals surface area contributed by atoms with Crippen LogP contribution >= 0.6 is 0 Å². The number of nitrogens with one attached hydrogen (secondary N) is 2. The Morgan fingerprint density at radius 1 is 0.639 bits per heavy atom. The highest BCUT2D eigenvalue weighted by molar-refractivity contribution is 7.86. The van der Waals surface area contributed by atoms with Gasteiger partial charge in [-0.05, 0) is 45.8 Å². The largest absolute Gasteiger partial charge is 0.339 e. The third kappa shape index (κ3) is 6.19. The van der Waals surface area contributed by atoms with Crippen molar-refractivity contribution in [1.29, 1.82) is 0 Å². The summed E-state index contributed by atoms with van der Waals surface area (Å²) in [5, 5.41) is 27.1. The fraction of sp³-hybridized carbons (Fsp3) is 0. The van der Waals surface area contributed by atoms with Crippen LogP contribution in [0.15, 0.2) is 70.7 Å². The molecule has 14 nitrogen and oxygen atoms in total. The second-order valence-electron chi connectivity index (χ2n) is 7.05. The molecule has 0 amide bonds. The van der Waals surface area contributed by atoms with Gasteiger partial charge in [0.25, 0.3) is 20.2 Å². The molecule has 0 unspecified atom stereocenters. The van der Waals surface area contributed by atoms with E-state index < -0.39 is 30.0 Å². The number of rotatable bonds is 8. The average molecular weight is 529 g/mol. The molecule has 0 spiro atoms. The molecule has 0 aliphatic carbocycles. The van der Waals surface area contributed by atoms with Crippen molar-refractivity contribution in [2.24, 2.45) is 0 Å². The van der Waals surface area contributed by atoms with Gasteiger partial charge >= 0.3 is 0 Å². The van der Waals surface area contributed by atoms with E-state index in [2.05, 4.69) is 41.5 Å². The summed E-state index contributed by atoms with van der Waals surface area (Å²) in [6.45, 7) is 0. The lowest BCUT2D eigenvalue weighted by Crippen LogP contribution is -2.04. The molecular weight excluding hydrogens is 512 g/mol. The normalized spacial score (nSPS) is 11.9. The lowest BCUT2D eigenvalue weighted by atomic mass is 10.1. The zero-order valence-electron chi connectivity index (χ0n) is 18.0. The molecule has 0 aliphatic rings. The van der Waals surface area contributed by atoms with Crippen molar-refractivity contribution in [2.45, 2.75) is 9.79 Å². The van der Waals surface area contributed by atoms with E-state index >= 15 is 0 Å². The van der Waals surface area contributed by atoms with E-state index in [-0.39, 0.29) is 22.5 Å². The second-order valence-corrected chi connectivity index (χ2v) is 9.83. The molecule has 4 rings (SSSR count). The molecule has 2 heterocycles. The van der Waals surface area contributed by atoms with Crippen molar-refractivity contribution < 1.29 is 25.9 Å². The van der Waals surface area contributed by atoms with Gasteiger partial charge in [-0.3, -0.25) is 9.11 Å². The van der Waals surface area contributed by atoms with E-state index in [0.29, 0.717) is 11.6 Å². The number of aromatic nitrogens is 6. The summed E-state index contributed by atoms with van der Waals surface area (Å²) in [6, 6.07) is 11.2. The molecule has 0 atom stereocenters. The SMILES string of the molecule is O=S(=O)(O)c1cc(Nc2ccnnn2)ccc1/C=C/c1ccc(Nc2ccnnn2)cc1S(=O)(=O)O. The van der Waals surface area contributed by atoms with Crippen LogP contribution in [0.2, 0.25) is 0 Å². The van der Waals surface area contributed by atoms with Gasteiger partial charge in [0, 0.05) is 23.5 Å². The van der Waals surface area contributed by atoms with Crippen molar-refractivity contribution in [3.63, 3.8) is 0 Å². The smallest absolute Gasteiger partial charge is 0.295 e. The first kappa shape index (κ1) is 24.7. The molecule has 0 radical (unpaired) electrons. The third-order valence-electron chi connectivity index (χ3n) is 4.58. The van der Waals surface area contributed by atoms with Gasteiger partial charge in [-0.2, -0.15) is 16.8 Å². The fourth-order valence-corrected chi connectivity index (χ4v) is 4.46. The standard InChI is InChI=1S/C20H16N8O6S2/c29-35(30,31)17-11-15(23-19-7-9-21-27-25-19)5-3-13(17)1-2-14-4-6-16(12-18(14)36(32,33)34)24-20-8-10-22-28-26-20/h1-12H,(H,21,23,25)(H,22,24,26)(H,29,30,31)(H,32,33,34)/b2-1+. The fourth-order valence-electron chi connectivity index (χ4n) is 3.04. The first-order valence-corrected chi connectivity index (χ1v) is 12.7. The van der Waals surface area contributed by atoms with Gasteiger partial charge in [0.05, 0.1) is 12.4 Å². The van der Waals surface area contributed by atoms with Crippen LogP contribution in [0.3, 0.4) is 0 Å². The number of anilines is 4. The molecule has 0 saturated carbocycles. The predicted molar refractivity (Wildman–Crippen MR) is 128 cm³/mol. The van der Waals surface area contributed by atoms with Crippen LogP contribution in [-0.2, 0) is 20.2 Å². The van der Waals surface area contributed by atoms with Gasteiger partial charge in [0.15, 0.2) is 11.6 Å². The second kappa shape index (κ2) is 10.1. The molecule has 2 aromatic carbocycles. The highest BCUT2D eigenvalue weighted by Crippen LogP contribution is 2.27. The molecule has 0 aliphatic heterocycles. The van der Waals surface area contributed by atoms with Crippen molar-refractivity contribution in [3.8, 4) is 0 Å². The molecule has 0 fully saturated rings. The van der Waals surface area contributed by atoms with E-state index in [9.17, 15) is 25.9 Å². The Labute approximate surface area is 204 Å². The van der Waals surface area contributed by atoms with Crippen LogP contribution in [0.25, 0.3) is 12.2 Å². The van der Waals surface area contributed by atoms with E-state index in [1.165, 1.54) is 73.1 Å². The van der Waals surface area contributed by atoms with E-state index in [0.717, 1.165) is 0 Å². The van der Waals surface area contributed by atoms with Crippen molar-refractivity contribution >= 4 is 55.4 Å². The molecule has 4 N–H and O–H groups in total. The first-order chi connectivity index (χ1) is 17.1. The minimum absolute atomic E-state index is 0.0550. The Kier molecular flexibility index (Phi) is 6.93. The third-order valence-corrected chi connectivity index (χ3v) is 6.40. The maximum absolute atomic E-state index is 12.0. The Hall–Kier alpha value is -4.38. The van der Waals surface area contributed by atoms with Crippen molar-refractivity contribution in [2.75, 3.05) is 10.6 Å². The van der Waals surface area contributed by atoms with Crippen LogP contribution in [-0.4, -0.2) is 56.8 Å². The zero-order chi connectivity index (χ0) is 25.8. The van der Waals surface area contributed by atoms with Gasteiger partial charge in [-0.1, -0.05) is 24.3 Å². The summed E-state index contributed by atoms with van der Waals surface area (Å²) < 4.78 is 67.5. The number of benzene rings is 2. The average Bonchev–Trinajstić information content (AvgIpc) is 2.84. The Balaban J connectivity index is 1.68. The minimum Gasteiger partial charge on any atom is -0.339 e. The maximum atomic E-state index is 12.0. The van der Waals surface area contributed by atoms with Gasteiger partial charge < -0.3 is 10.6 Å². The van der Waals surface area contributed by atoms with Gasteiger partial charge in [0.2, 0.25) is 0 Å². The number of hydrogen-bond acceptors (Lipinski definition) is 12. The van der Waals surface area contributed by atoms with E-state index in [1.807, 2.05) is 0 Å². The van der Waals surface area contributed by atoms with Crippen LogP contribution in [0.4, 0.5) is 23.0 Å². The molecular formula is C20H16N8O6S2. The molecule has 184 valence electrons. The van der Waals surface area contributed by atoms with Crippen LogP contribution in [0, 0.1) is 0 Å². The lowest BCUT2D eigenvalue weighted by Gasteiger charge is -2.10. The molecule has 0 bridgehead atoms. The number of hydrogen-bond donors (Lipinski definition) is 4. The maximum Gasteiger partial charge on any atom is 0.295 e. The highest BCUT2D eigenvalue weighted by Gasteiger charge is 2.18. The Bertz CT molecular complexity index is 1510. The number of nitrogens with zero attached hydrogens (tertiary/aromatic N) is 6. The summed E-state index contributed by atoms with van der Waals surface area (Å²) in [5.74, 6) is 0.581. The molecule has 4 aromatic rings. The monoisotopic (exact) mass is 528 g/mol. The van der Waals surface area contributed by atoms with Crippen LogP contribution in [0.1, 0.15) is 11.1 Å². The molecule has 2 aromatic heterocycles. The Morgan fingerprint density at radius 2 is 1.06 bits per heavy atom. The van der Waals surface area contributed by atoms with Gasteiger partial charge in [-0.25, -0.2) is 0 Å². The summed E-state index contributed by atoms with van der Waals surface area (Å²) in [6.07, 6.45) is 5.33. The first-order valence-electron chi connectivity index (χ1n) is 9.83. The van der Waals surface area contributed by atoms with Gasteiger partial charge in [-0.15, -0.1) is 20.4 Å². The van der Waals surface area contributed by atoms with E-state index in [1.54, 1.807) is 0 Å². The molecule has 0 saturated heterocycles. The van der Waals surface area contributed by atoms with Gasteiger partial charge in [0.1, 0.15) is 9.79 Å². The molecule has 36 heavy (non-hydrogen) atoms. The highest BCUT2D eigenvalue weighted by atomic mass is 32.2. The summed E-state index contributed by atoms with van der Waals surface area (Å²) in [4.78, 5) is -0.901. The minimum atomic E-state index is -4.67. The summed E-state index contributed by atoms with van der Waals surface area (Å²) in [7, 11) is -9.34. The van der Waals surface area contributed by atoms with Crippen LogP contribution in [0.5, 0.6) is 0 Å².